The number of rotatable bonds is 5. The lowest BCUT2D eigenvalue weighted by Crippen LogP contribution is -2.36. The first-order chi connectivity index (χ1) is 12.6. The molecule has 0 spiro atoms. The lowest BCUT2D eigenvalue weighted by molar-refractivity contribution is -0.129. The summed E-state index contributed by atoms with van der Waals surface area (Å²) in [5, 5.41) is 0. The van der Waals surface area contributed by atoms with Crippen molar-refractivity contribution in [1.29, 1.82) is 0 Å². The fraction of sp³-hybridized carbons (Fsp3) is 0.500. The molecule has 0 atom stereocenters. The van der Waals surface area contributed by atoms with Crippen LogP contribution in [0.1, 0.15) is 26.2 Å². The molecule has 0 N–H and O–H groups in total. The molecule has 26 heavy (non-hydrogen) atoms. The maximum absolute atomic E-state index is 13.4. The average molecular weight is 396 g/mol. The molecule has 1 fully saturated rings. The molecule has 0 aliphatic carbocycles. The van der Waals surface area contributed by atoms with Crippen molar-refractivity contribution in [2.75, 3.05) is 24.6 Å². The number of hydrogen-bond acceptors (Lipinski definition) is 4. The molecule has 140 valence electrons. The number of thioether (sulfide) groups is 1. The predicted octanol–water partition coefficient (Wildman–Crippen LogP) is 3.03. The Morgan fingerprint density at radius 3 is 2.73 bits per heavy atom. The van der Waals surface area contributed by atoms with E-state index in [4.69, 9.17) is 0 Å². The molecular formula is C18H22FN3O2S2. The van der Waals surface area contributed by atoms with Gasteiger partial charge in [-0.3, -0.25) is 9.59 Å². The van der Waals surface area contributed by atoms with Crippen molar-refractivity contribution >= 4 is 45.1 Å². The standard InChI is InChI=1S/C18H22FN3O2S2/c1-2-22-14-7-6-13(19)10-15(14)26-18(22)20-16(23)11-25-12-17(24)21-8-4-3-5-9-21/h6-7,10H,2-5,8-9,11-12H2,1H3. The van der Waals surface area contributed by atoms with Crippen molar-refractivity contribution in [3.05, 3.63) is 28.8 Å². The Morgan fingerprint density at radius 2 is 2.00 bits per heavy atom. The fourth-order valence-electron chi connectivity index (χ4n) is 3.04. The van der Waals surface area contributed by atoms with E-state index in [9.17, 15) is 14.0 Å². The molecule has 1 saturated heterocycles. The molecular weight excluding hydrogens is 373 g/mol. The number of benzene rings is 1. The van der Waals surface area contributed by atoms with Gasteiger partial charge in [0.1, 0.15) is 5.82 Å². The largest absolute Gasteiger partial charge is 0.342 e. The van der Waals surface area contributed by atoms with E-state index in [0.717, 1.165) is 36.1 Å². The number of amides is 2. The Hall–Kier alpha value is -1.67. The highest BCUT2D eigenvalue weighted by molar-refractivity contribution is 8.00. The molecule has 0 saturated carbocycles. The van der Waals surface area contributed by atoms with E-state index in [2.05, 4.69) is 4.99 Å². The molecule has 2 heterocycles. The third kappa shape index (κ3) is 4.54. The second-order valence-electron chi connectivity index (χ2n) is 6.18. The number of piperidine rings is 1. The summed E-state index contributed by atoms with van der Waals surface area (Å²) in [4.78, 5) is 30.9. The van der Waals surface area contributed by atoms with Gasteiger partial charge in [-0.15, -0.1) is 11.8 Å². The maximum Gasteiger partial charge on any atom is 0.258 e. The second-order valence-corrected chi connectivity index (χ2v) is 8.18. The van der Waals surface area contributed by atoms with Gasteiger partial charge in [0.05, 0.1) is 21.7 Å². The first kappa shape index (κ1) is 19.1. The van der Waals surface area contributed by atoms with Crippen LogP contribution in [0.25, 0.3) is 10.2 Å². The minimum atomic E-state index is -0.299. The lowest BCUT2D eigenvalue weighted by Gasteiger charge is -2.26. The van der Waals surface area contributed by atoms with Gasteiger partial charge in [0.15, 0.2) is 4.80 Å². The first-order valence-corrected chi connectivity index (χ1v) is 10.8. The van der Waals surface area contributed by atoms with Crippen molar-refractivity contribution in [3.63, 3.8) is 0 Å². The smallest absolute Gasteiger partial charge is 0.258 e. The number of thiazole rings is 1. The molecule has 0 bridgehead atoms. The van der Waals surface area contributed by atoms with E-state index < -0.39 is 0 Å². The lowest BCUT2D eigenvalue weighted by atomic mass is 10.1. The second kappa shape index (κ2) is 8.81. The number of likely N-dealkylation sites (tertiary alicyclic amines) is 1. The Kier molecular flexibility index (Phi) is 6.48. The van der Waals surface area contributed by atoms with E-state index in [1.54, 1.807) is 6.07 Å². The van der Waals surface area contributed by atoms with Crippen LogP contribution in [0.5, 0.6) is 0 Å². The van der Waals surface area contributed by atoms with Crippen molar-refractivity contribution < 1.29 is 14.0 Å². The van der Waals surface area contributed by atoms with Crippen LogP contribution < -0.4 is 4.80 Å². The summed E-state index contributed by atoms with van der Waals surface area (Å²) in [7, 11) is 0. The van der Waals surface area contributed by atoms with Crippen molar-refractivity contribution in [2.24, 2.45) is 4.99 Å². The topological polar surface area (TPSA) is 54.7 Å². The summed E-state index contributed by atoms with van der Waals surface area (Å²) in [6.07, 6.45) is 3.31. The van der Waals surface area contributed by atoms with E-state index in [0.29, 0.717) is 17.1 Å². The zero-order valence-corrected chi connectivity index (χ0v) is 16.4. The highest BCUT2D eigenvalue weighted by Crippen LogP contribution is 2.18. The van der Waals surface area contributed by atoms with Crippen LogP contribution in [0.15, 0.2) is 23.2 Å². The first-order valence-electron chi connectivity index (χ1n) is 8.80. The minimum absolute atomic E-state index is 0.100. The molecule has 8 heteroatoms. The Bertz CT molecular complexity index is 869. The number of carbonyl (C=O) groups is 2. The van der Waals surface area contributed by atoms with Gasteiger partial charge < -0.3 is 9.47 Å². The van der Waals surface area contributed by atoms with Crippen LogP contribution in [-0.2, 0) is 16.1 Å². The van der Waals surface area contributed by atoms with Crippen LogP contribution in [0, 0.1) is 5.82 Å². The molecule has 0 radical (unpaired) electrons. The maximum atomic E-state index is 13.4. The molecule has 1 aromatic carbocycles. The molecule has 0 unspecified atom stereocenters. The van der Waals surface area contributed by atoms with E-state index >= 15 is 0 Å². The summed E-state index contributed by atoms with van der Waals surface area (Å²) in [6, 6.07) is 4.58. The monoisotopic (exact) mass is 395 g/mol. The average Bonchev–Trinajstić information content (AvgIpc) is 2.98. The Balaban J connectivity index is 1.63. The van der Waals surface area contributed by atoms with E-state index in [1.807, 2.05) is 16.4 Å². The predicted molar refractivity (Wildman–Crippen MR) is 104 cm³/mol. The van der Waals surface area contributed by atoms with Crippen LogP contribution >= 0.6 is 23.1 Å². The summed E-state index contributed by atoms with van der Waals surface area (Å²) < 4.78 is 16.1. The molecule has 2 aromatic rings. The van der Waals surface area contributed by atoms with Gasteiger partial charge in [0, 0.05) is 19.6 Å². The number of aromatic nitrogens is 1. The summed E-state index contributed by atoms with van der Waals surface area (Å²) in [5.74, 6) is 0.0178. The van der Waals surface area contributed by atoms with Gasteiger partial charge in [0.25, 0.3) is 5.91 Å². The van der Waals surface area contributed by atoms with Crippen LogP contribution in [-0.4, -0.2) is 45.9 Å². The van der Waals surface area contributed by atoms with E-state index in [-0.39, 0.29) is 23.4 Å². The fourth-order valence-corrected chi connectivity index (χ4v) is 4.87. The quantitative estimate of drug-likeness (QED) is 0.782. The summed E-state index contributed by atoms with van der Waals surface area (Å²) >= 11 is 2.61. The van der Waals surface area contributed by atoms with E-state index in [1.165, 1.54) is 41.7 Å². The van der Waals surface area contributed by atoms with Gasteiger partial charge in [0.2, 0.25) is 5.91 Å². The zero-order chi connectivity index (χ0) is 18.5. The SMILES string of the molecule is CCn1c(=NC(=O)CSCC(=O)N2CCCCC2)sc2cc(F)ccc21. The third-order valence-corrected chi connectivity index (χ3v) is 6.28. The number of hydrogen-bond donors (Lipinski definition) is 0. The molecule has 1 aromatic heterocycles. The van der Waals surface area contributed by atoms with Gasteiger partial charge in [-0.1, -0.05) is 11.3 Å². The van der Waals surface area contributed by atoms with Crippen molar-refractivity contribution in [3.8, 4) is 0 Å². The number of fused-ring (bicyclic) bond motifs is 1. The number of aryl methyl sites for hydroxylation is 1. The van der Waals surface area contributed by atoms with Gasteiger partial charge >= 0.3 is 0 Å². The zero-order valence-electron chi connectivity index (χ0n) is 14.7. The Labute approximate surface area is 159 Å². The van der Waals surface area contributed by atoms with Crippen molar-refractivity contribution in [2.45, 2.75) is 32.7 Å². The number of halogens is 1. The normalized spacial score (nSPS) is 15.6. The van der Waals surface area contributed by atoms with Crippen LogP contribution in [0.2, 0.25) is 0 Å². The number of carbonyl (C=O) groups excluding carboxylic acids is 2. The van der Waals surface area contributed by atoms with Gasteiger partial charge in [-0.25, -0.2) is 4.39 Å². The third-order valence-electron chi connectivity index (χ3n) is 4.34. The highest BCUT2D eigenvalue weighted by Gasteiger charge is 2.16. The van der Waals surface area contributed by atoms with Crippen molar-refractivity contribution in [1.82, 2.24) is 9.47 Å². The summed E-state index contributed by atoms with van der Waals surface area (Å²) in [6.45, 7) is 4.27. The minimum Gasteiger partial charge on any atom is -0.342 e. The molecule has 3 rings (SSSR count). The van der Waals surface area contributed by atoms with Gasteiger partial charge in [-0.2, -0.15) is 4.99 Å². The number of nitrogens with zero attached hydrogens (tertiary/aromatic N) is 3. The molecule has 2 amide bonds. The summed E-state index contributed by atoms with van der Waals surface area (Å²) in [5.41, 5.74) is 0.873. The Morgan fingerprint density at radius 1 is 1.23 bits per heavy atom. The van der Waals surface area contributed by atoms with Crippen LogP contribution in [0.4, 0.5) is 4.39 Å². The highest BCUT2D eigenvalue weighted by atomic mass is 32.2. The molecule has 1 aliphatic rings. The van der Waals surface area contributed by atoms with Gasteiger partial charge in [-0.05, 0) is 44.4 Å². The van der Waals surface area contributed by atoms with Crippen LogP contribution in [0.3, 0.4) is 0 Å². The molecule has 1 aliphatic heterocycles. The molecule has 5 nitrogen and oxygen atoms in total.